The zero-order valence-corrected chi connectivity index (χ0v) is 11.6. The van der Waals surface area contributed by atoms with Gasteiger partial charge in [-0.15, -0.1) is 0 Å². The molecule has 0 aromatic heterocycles. The van der Waals surface area contributed by atoms with Gasteiger partial charge < -0.3 is 10.4 Å². The first-order chi connectivity index (χ1) is 9.19. The predicted octanol–water partition coefficient (Wildman–Crippen LogP) is 1.99. The number of fused-ring (bicyclic) bond motifs is 1. The van der Waals surface area contributed by atoms with Crippen molar-refractivity contribution >= 4 is 5.91 Å². The first-order valence-corrected chi connectivity index (χ1v) is 7.20. The Morgan fingerprint density at radius 3 is 2.79 bits per heavy atom. The molecule has 0 aliphatic heterocycles. The Morgan fingerprint density at radius 1 is 1.32 bits per heavy atom. The van der Waals surface area contributed by atoms with E-state index in [0.29, 0.717) is 12.8 Å². The molecule has 0 saturated carbocycles. The van der Waals surface area contributed by atoms with Gasteiger partial charge in [-0.25, -0.2) is 0 Å². The third-order valence-electron chi connectivity index (χ3n) is 3.75. The maximum absolute atomic E-state index is 11.9. The van der Waals surface area contributed by atoms with E-state index in [0.717, 1.165) is 12.0 Å². The Morgan fingerprint density at radius 2 is 2.05 bits per heavy atom. The van der Waals surface area contributed by atoms with Crippen molar-refractivity contribution in [3.05, 3.63) is 34.9 Å². The van der Waals surface area contributed by atoms with Crippen molar-refractivity contribution in [1.29, 1.82) is 0 Å². The van der Waals surface area contributed by atoms with Gasteiger partial charge in [0, 0.05) is 12.6 Å². The predicted molar refractivity (Wildman–Crippen MR) is 76.1 cm³/mol. The Kier molecular flexibility index (Phi) is 4.97. The van der Waals surface area contributed by atoms with Crippen LogP contribution in [0.3, 0.4) is 0 Å². The van der Waals surface area contributed by atoms with Gasteiger partial charge >= 0.3 is 0 Å². The smallest absolute Gasteiger partial charge is 0.224 e. The van der Waals surface area contributed by atoms with Gasteiger partial charge in [-0.05, 0) is 55.7 Å². The van der Waals surface area contributed by atoms with E-state index in [-0.39, 0.29) is 18.6 Å². The zero-order chi connectivity index (χ0) is 13.7. The maximum Gasteiger partial charge on any atom is 0.224 e. The topological polar surface area (TPSA) is 49.3 Å². The lowest BCUT2D eigenvalue weighted by Gasteiger charge is -2.17. The van der Waals surface area contributed by atoms with Crippen molar-refractivity contribution in [1.82, 2.24) is 5.32 Å². The normalized spacial score (nSPS) is 15.7. The summed E-state index contributed by atoms with van der Waals surface area (Å²) in [4.78, 5) is 11.9. The summed E-state index contributed by atoms with van der Waals surface area (Å²) in [5, 5.41) is 11.7. The minimum atomic E-state index is 0.0372. The molecule has 0 spiro atoms. The van der Waals surface area contributed by atoms with Crippen molar-refractivity contribution in [3.63, 3.8) is 0 Å². The fraction of sp³-hybridized carbons (Fsp3) is 0.562. The number of nitrogens with one attached hydrogen (secondary N) is 1. The van der Waals surface area contributed by atoms with Gasteiger partial charge in [0.1, 0.15) is 0 Å². The average molecular weight is 261 g/mol. The molecule has 1 unspecified atom stereocenters. The van der Waals surface area contributed by atoms with Crippen LogP contribution in [0, 0.1) is 0 Å². The van der Waals surface area contributed by atoms with Gasteiger partial charge in [0.2, 0.25) is 5.91 Å². The molecule has 0 bridgehead atoms. The molecule has 0 heterocycles. The van der Waals surface area contributed by atoms with Crippen molar-refractivity contribution in [2.24, 2.45) is 0 Å². The number of aliphatic hydroxyl groups excluding tert-OH is 1. The number of benzene rings is 1. The number of hydrogen-bond acceptors (Lipinski definition) is 2. The van der Waals surface area contributed by atoms with Crippen LogP contribution in [-0.4, -0.2) is 23.7 Å². The summed E-state index contributed by atoms with van der Waals surface area (Å²) in [6.07, 6.45) is 5.90. The molecule has 1 aromatic rings. The monoisotopic (exact) mass is 261 g/mol. The lowest BCUT2D eigenvalue weighted by Crippen LogP contribution is -2.34. The highest BCUT2D eigenvalue weighted by atomic mass is 16.3. The molecule has 19 heavy (non-hydrogen) atoms. The van der Waals surface area contributed by atoms with E-state index in [4.69, 9.17) is 5.11 Å². The average Bonchev–Trinajstić information content (AvgIpc) is 2.38. The second-order valence-corrected chi connectivity index (χ2v) is 5.47. The molecular formula is C16H23NO2. The molecule has 104 valence electrons. The molecule has 3 heteroatoms. The SMILES string of the molecule is CC(CCO)NC(=O)Cc1ccc2c(c1)CCCC2. The summed E-state index contributed by atoms with van der Waals surface area (Å²) in [5.74, 6) is 0.0386. The third kappa shape index (κ3) is 4.06. The van der Waals surface area contributed by atoms with Crippen molar-refractivity contribution in [2.75, 3.05) is 6.61 Å². The lowest BCUT2D eigenvalue weighted by atomic mass is 9.90. The quantitative estimate of drug-likeness (QED) is 0.851. The van der Waals surface area contributed by atoms with E-state index in [2.05, 4.69) is 23.5 Å². The number of amides is 1. The molecule has 1 atom stereocenters. The van der Waals surface area contributed by atoms with Crippen LogP contribution in [0.15, 0.2) is 18.2 Å². The zero-order valence-electron chi connectivity index (χ0n) is 11.6. The molecule has 3 nitrogen and oxygen atoms in total. The summed E-state index contributed by atoms with van der Waals surface area (Å²) < 4.78 is 0. The second-order valence-electron chi connectivity index (χ2n) is 5.47. The van der Waals surface area contributed by atoms with Crippen LogP contribution < -0.4 is 5.32 Å². The first-order valence-electron chi connectivity index (χ1n) is 7.20. The third-order valence-corrected chi connectivity index (χ3v) is 3.75. The Balaban J connectivity index is 1.93. The van der Waals surface area contributed by atoms with Gasteiger partial charge in [-0.1, -0.05) is 18.2 Å². The molecule has 1 aromatic carbocycles. The molecule has 0 saturated heterocycles. The van der Waals surface area contributed by atoms with Crippen LogP contribution in [0.5, 0.6) is 0 Å². The number of aryl methyl sites for hydroxylation is 2. The van der Waals surface area contributed by atoms with Crippen LogP contribution in [0.2, 0.25) is 0 Å². The van der Waals surface area contributed by atoms with E-state index < -0.39 is 0 Å². The summed E-state index contributed by atoms with van der Waals surface area (Å²) in [7, 11) is 0. The molecule has 2 rings (SSSR count). The van der Waals surface area contributed by atoms with Gasteiger partial charge in [0.05, 0.1) is 6.42 Å². The molecule has 0 fully saturated rings. The number of aliphatic hydroxyl groups is 1. The van der Waals surface area contributed by atoms with E-state index in [1.54, 1.807) is 0 Å². The molecule has 1 amide bonds. The standard InChI is InChI=1S/C16H23NO2/c1-12(8-9-18)17-16(19)11-13-6-7-14-4-2-3-5-15(14)10-13/h6-7,10,12,18H,2-5,8-9,11H2,1H3,(H,17,19). The highest BCUT2D eigenvalue weighted by Crippen LogP contribution is 2.22. The van der Waals surface area contributed by atoms with E-state index in [1.165, 1.54) is 30.4 Å². The van der Waals surface area contributed by atoms with Crippen LogP contribution >= 0.6 is 0 Å². The van der Waals surface area contributed by atoms with Crippen LogP contribution in [0.1, 0.15) is 42.9 Å². The Labute approximate surface area is 115 Å². The fourth-order valence-electron chi connectivity index (χ4n) is 2.67. The van der Waals surface area contributed by atoms with Gasteiger partial charge in [-0.3, -0.25) is 4.79 Å². The van der Waals surface area contributed by atoms with Gasteiger partial charge in [0.15, 0.2) is 0 Å². The summed E-state index contributed by atoms with van der Waals surface area (Å²) in [6, 6.07) is 6.47. The largest absolute Gasteiger partial charge is 0.396 e. The second kappa shape index (κ2) is 6.71. The van der Waals surface area contributed by atoms with E-state index in [1.807, 2.05) is 6.92 Å². The van der Waals surface area contributed by atoms with Crippen molar-refractivity contribution in [3.8, 4) is 0 Å². The van der Waals surface area contributed by atoms with Crippen LogP contribution in [-0.2, 0) is 24.1 Å². The molecular weight excluding hydrogens is 238 g/mol. The molecule has 1 aliphatic rings. The highest BCUT2D eigenvalue weighted by Gasteiger charge is 2.12. The minimum Gasteiger partial charge on any atom is -0.396 e. The van der Waals surface area contributed by atoms with Crippen LogP contribution in [0.4, 0.5) is 0 Å². The van der Waals surface area contributed by atoms with E-state index in [9.17, 15) is 4.79 Å². The highest BCUT2D eigenvalue weighted by molar-refractivity contribution is 5.78. The first kappa shape index (κ1) is 14.1. The molecule has 0 radical (unpaired) electrons. The summed E-state index contributed by atoms with van der Waals surface area (Å²) >= 11 is 0. The fourth-order valence-corrected chi connectivity index (χ4v) is 2.67. The van der Waals surface area contributed by atoms with Gasteiger partial charge in [-0.2, -0.15) is 0 Å². The summed E-state index contributed by atoms with van der Waals surface area (Å²) in [5.41, 5.74) is 3.96. The number of hydrogen-bond donors (Lipinski definition) is 2. The Bertz CT molecular complexity index is 442. The molecule has 2 N–H and O–H groups in total. The van der Waals surface area contributed by atoms with E-state index >= 15 is 0 Å². The minimum absolute atomic E-state index is 0.0372. The molecule has 1 aliphatic carbocycles. The van der Waals surface area contributed by atoms with Crippen molar-refractivity contribution in [2.45, 2.75) is 51.5 Å². The Hall–Kier alpha value is -1.35. The number of carbonyl (C=O) groups is 1. The maximum atomic E-state index is 11.9. The van der Waals surface area contributed by atoms with Crippen LogP contribution in [0.25, 0.3) is 0 Å². The van der Waals surface area contributed by atoms with Gasteiger partial charge in [0.25, 0.3) is 0 Å². The van der Waals surface area contributed by atoms with Crippen molar-refractivity contribution < 1.29 is 9.90 Å². The number of rotatable bonds is 5. The lowest BCUT2D eigenvalue weighted by molar-refractivity contribution is -0.121. The number of carbonyl (C=O) groups excluding carboxylic acids is 1. The summed E-state index contributed by atoms with van der Waals surface area (Å²) in [6.45, 7) is 2.03.